The van der Waals surface area contributed by atoms with Crippen LogP contribution in [0.1, 0.15) is 35.8 Å². The standard InChI is InChI=1S/C15H24N2O5S/c1-4-21-8-6-7-17(14(18)10-20-3)9-13-16-12(11-23-13)15(19)22-5-2/h11H,4-10H2,1-3H3. The van der Waals surface area contributed by atoms with Crippen LogP contribution in [0.4, 0.5) is 0 Å². The molecule has 1 aromatic heterocycles. The molecular weight excluding hydrogens is 320 g/mol. The van der Waals surface area contributed by atoms with E-state index in [1.54, 1.807) is 17.2 Å². The van der Waals surface area contributed by atoms with E-state index in [9.17, 15) is 9.59 Å². The molecule has 1 amide bonds. The zero-order valence-electron chi connectivity index (χ0n) is 13.9. The number of aromatic nitrogens is 1. The highest BCUT2D eigenvalue weighted by Gasteiger charge is 2.17. The minimum Gasteiger partial charge on any atom is -0.461 e. The lowest BCUT2D eigenvalue weighted by molar-refractivity contribution is -0.136. The highest BCUT2D eigenvalue weighted by atomic mass is 32.1. The van der Waals surface area contributed by atoms with Crippen molar-refractivity contribution in [2.45, 2.75) is 26.8 Å². The number of hydrogen-bond acceptors (Lipinski definition) is 7. The number of carbonyl (C=O) groups excluding carboxylic acids is 2. The van der Waals surface area contributed by atoms with Crippen molar-refractivity contribution in [2.24, 2.45) is 0 Å². The summed E-state index contributed by atoms with van der Waals surface area (Å²) in [5.41, 5.74) is 0.278. The second kappa shape index (κ2) is 11.1. The van der Waals surface area contributed by atoms with Crippen LogP contribution >= 0.6 is 11.3 Å². The minimum absolute atomic E-state index is 0.0186. The van der Waals surface area contributed by atoms with Gasteiger partial charge in [0.15, 0.2) is 5.69 Å². The zero-order chi connectivity index (χ0) is 17.1. The van der Waals surface area contributed by atoms with Gasteiger partial charge in [0, 0.05) is 32.2 Å². The number of thiazole rings is 1. The maximum atomic E-state index is 12.1. The first-order valence-electron chi connectivity index (χ1n) is 7.58. The Hall–Kier alpha value is -1.51. The van der Waals surface area contributed by atoms with Crippen LogP contribution in [0.2, 0.25) is 0 Å². The molecule has 0 unspecified atom stereocenters. The smallest absolute Gasteiger partial charge is 0.357 e. The SMILES string of the molecule is CCOCCCN(Cc1nc(C(=O)OCC)cs1)C(=O)COC. The van der Waals surface area contributed by atoms with Gasteiger partial charge in [0.25, 0.3) is 0 Å². The average Bonchev–Trinajstić information content (AvgIpc) is 2.99. The average molecular weight is 344 g/mol. The summed E-state index contributed by atoms with van der Waals surface area (Å²) in [6, 6.07) is 0. The molecule has 0 N–H and O–H groups in total. The molecule has 0 spiro atoms. The molecule has 130 valence electrons. The third kappa shape index (κ3) is 7.06. The van der Waals surface area contributed by atoms with Crippen LogP contribution in [0.3, 0.4) is 0 Å². The van der Waals surface area contributed by atoms with Crippen molar-refractivity contribution in [3.8, 4) is 0 Å². The van der Waals surface area contributed by atoms with E-state index in [2.05, 4.69) is 4.98 Å². The minimum atomic E-state index is -0.443. The summed E-state index contributed by atoms with van der Waals surface area (Å²) in [5, 5.41) is 2.33. The summed E-state index contributed by atoms with van der Waals surface area (Å²) in [6.45, 7) is 6.15. The van der Waals surface area contributed by atoms with Crippen LogP contribution in [0, 0.1) is 0 Å². The predicted molar refractivity (Wildman–Crippen MR) is 86.5 cm³/mol. The molecule has 0 radical (unpaired) electrons. The first kappa shape index (κ1) is 19.5. The molecule has 0 atom stereocenters. The molecule has 0 fully saturated rings. The molecule has 1 rings (SSSR count). The van der Waals surface area contributed by atoms with E-state index in [0.717, 1.165) is 6.42 Å². The number of methoxy groups -OCH3 is 1. The lowest BCUT2D eigenvalue weighted by Crippen LogP contribution is -2.34. The van der Waals surface area contributed by atoms with Crippen LogP contribution in [-0.2, 0) is 25.5 Å². The van der Waals surface area contributed by atoms with Gasteiger partial charge < -0.3 is 19.1 Å². The van der Waals surface area contributed by atoms with Crippen molar-refractivity contribution in [3.63, 3.8) is 0 Å². The van der Waals surface area contributed by atoms with Crippen molar-refractivity contribution >= 4 is 23.2 Å². The number of ether oxygens (including phenoxy) is 3. The number of esters is 1. The highest BCUT2D eigenvalue weighted by Crippen LogP contribution is 2.14. The molecule has 7 nitrogen and oxygen atoms in total. The lowest BCUT2D eigenvalue weighted by atomic mass is 10.3. The molecule has 0 saturated carbocycles. The fraction of sp³-hybridized carbons (Fsp3) is 0.667. The normalized spacial score (nSPS) is 10.6. The Morgan fingerprint density at radius 1 is 1.30 bits per heavy atom. The number of hydrogen-bond donors (Lipinski definition) is 0. The van der Waals surface area contributed by atoms with Crippen molar-refractivity contribution < 1.29 is 23.8 Å². The van der Waals surface area contributed by atoms with Gasteiger partial charge >= 0.3 is 5.97 Å². The third-order valence-corrected chi connectivity index (χ3v) is 3.74. The van der Waals surface area contributed by atoms with Crippen LogP contribution < -0.4 is 0 Å². The molecule has 0 aliphatic rings. The van der Waals surface area contributed by atoms with Crippen molar-refractivity contribution in [3.05, 3.63) is 16.1 Å². The van der Waals surface area contributed by atoms with Gasteiger partial charge in [-0.2, -0.15) is 0 Å². The lowest BCUT2D eigenvalue weighted by Gasteiger charge is -2.21. The van der Waals surface area contributed by atoms with Gasteiger partial charge in [-0.15, -0.1) is 11.3 Å². The molecule has 23 heavy (non-hydrogen) atoms. The Morgan fingerprint density at radius 2 is 2.09 bits per heavy atom. The molecule has 0 saturated heterocycles. The molecule has 8 heteroatoms. The quantitative estimate of drug-likeness (QED) is 0.449. The van der Waals surface area contributed by atoms with E-state index in [-0.39, 0.29) is 18.2 Å². The van der Waals surface area contributed by atoms with Crippen LogP contribution in [0.25, 0.3) is 0 Å². The summed E-state index contributed by atoms with van der Waals surface area (Å²) < 4.78 is 15.1. The molecule has 1 aromatic rings. The maximum Gasteiger partial charge on any atom is 0.357 e. The monoisotopic (exact) mass is 344 g/mol. The molecule has 0 aromatic carbocycles. The first-order chi connectivity index (χ1) is 11.1. The van der Waals surface area contributed by atoms with Crippen LogP contribution in [-0.4, -0.2) is 61.8 Å². The second-order valence-electron chi connectivity index (χ2n) is 4.65. The third-order valence-electron chi connectivity index (χ3n) is 2.90. The van der Waals surface area contributed by atoms with E-state index in [4.69, 9.17) is 14.2 Å². The molecule has 1 heterocycles. The Kier molecular flexibility index (Phi) is 9.42. The number of nitrogens with zero attached hydrogens (tertiary/aromatic N) is 2. The van der Waals surface area contributed by atoms with Gasteiger partial charge in [-0.3, -0.25) is 4.79 Å². The zero-order valence-corrected chi connectivity index (χ0v) is 14.7. The van der Waals surface area contributed by atoms with Gasteiger partial charge in [0.1, 0.15) is 11.6 Å². The maximum absolute atomic E-state index is 12.1. The van der Waals surface area contributed by atoms with E-state index in [1.165, 1.54) is 18.4 Å². The van der Waals surface area contributed by atoms with E-state index < -0.39 is 5.97 Å². The Balaban J connectivity index is 2.64. The number of rotatable bonds is 11. The summed E-state index contributed by atoms with van der Waals surface area (Å²) in [7, 11) is 1.48. The summed E-state index contributed by atoms with van der Waals surface area (Å²) in [6.07, 6.45) is 0.736. The van der Waals surface area contributed by atoms with E-state index >= 15 is 0 Å². The van der Waals surface area contributed by atoms with Gasteiger partial charge in [-0.1, -0.05) is 0 Å². The van der Waals surface area contributed by atoms with Crippen molar-refractivity contribution in [2.75, 3.05) is 40.1 Å². The largest absolute Gasteiger partial charge is 0.461 e. The van der Waals surface area contributed by atoms with Crippen LogP contribution in [0.15, 0.2) is 5.38 Å². The molecule has 0 aliphatic heterocycles. The van der Waals surface area contributed by atoms with Crippen molar-refractivity contribution in [1.82, 2.24) is 9.88 Å². The van der Waals surface area contributed by atoms with Gasteiger partial charge in [-0.25, -0.2) is 9.78 Å². The highest BCUT2D eigenvalue weighted by molar-refractivity contribution is 7.09. The Bertz CT molecular complexity index is 492. The predicted octanol–water partition coefficient (Wildman–Crippen LogP) is 1.72. The molecule has 0 bridgehead atoms. The van der Waals surface area contributed by atoms with E-state index in [1.807, 2.05) is 6.92 Å². The summed E-state index contributed by atoms with van der Waals surface area (Å²) >= 11 is 1.33. The summed E-state index contributed by atoms with van der Waals surface area (Å²) in [5.74, 6) is -0.557. The number of carbonyl (C=O) groups is 2. The van der Waals surface area contributed by atoms with Crippen LogP contribution in [0.5, 0.6) is 0 Å². The topological polar surface area (TPSA) is 78.0 Å². The molecule has 0 aliphatic carbocycles. The molecular formula is C15H24N2O5S. The van der Waals surface area contributed by atoms with Gasteiger partial charge in [0.2, 0.25) is 5.91 Å². The van der Waals surface area contributed by atoms with Crippen molar-refractivity contribution in [1.29, 1.82) is 0 Å². The van der Waals surface area contributed by atoms with Gasteiger partial charge in [0.05, 0.1) is 13.2 Å². The fourth-order valence-corrected chi connectivity index (χ4v) is 2.63. The fourth-order valence-electron chi connectivity index (χ4n) is 1.85. The second-order valence-corrected chi connectivity index (χ2v) is 5.59. The summed E-state index contributed by atoms with van der Waals surface area (Å²) in [4.78, 5) is 29.6. The Morgan fingerprint density at radius 3 is 2.74 bits per heavy atom. The van der Waals surface area contributed by atoms with Gasteiger partial charge in [-0.05, 0) is 20.3 Å². The van der Waals surface area contributed by atoms with E-state index in [0.29, 0.717) is 37.9 Å². The number of amides is 1. The Labute approximate surface area is 140 Å². The first-order valence-corrected chi connectivity index (χ1v) is 8.46.